The summed E-state index contributed by atoms with van der Waals surface area (Å²) in [6.45, 7) is 4.26. The summed E-state index contributed by atoms with van der Waals surface area (Å²) in [5.74, 6) is -0.0993. The SMILES string of the molecule is CC(C(=O)Nc1cccnc1Cl)N1CCN(C(=O)Cc2ccccc2Cl)CC1. The summed E-state index contributed by atoms with van der Waals surface area (Å²) >= 11 is 12.1. The Kier molecular flexibility index (Phi) is 6.88. The van der Waals surface area contributed by atoms with Crippen molar-refractivity contribution in [3.8, 4) is 0 Å². The summed E-state index contributed by atoms with van der Waals surface area (Å²) in [4.78, 5) is 32.9. The third kappa shape index (κ3) is 5.01. The van der Waals surface area contributed by atoms with Crippen LogP contribution in [0.2, 0.25) is 10.2 Å². The van der Waals surface area contributed by atoms with Gasteiger partial charge >= 0.3 is 0 Å². The van der Waals surface area contributed by atoms with Gasteiger partial charge in [-0.25, -0.2) is 4.98 Å². The zero-order chi connectivity index (χ0) is 20.1. The van der Waals surface area contributed by atoms with Crippen LogP contribution in [0.4, 0.5) is 5.69 Å². The average molecular weight is 421 g/mol. The van der Waals surface area contributed by atoms with Crippen LogP contribution in [0.5, 0.6) is 0 Å². The van der Waals surface area contributed by atoms with Crippen molar-refractivity contribution >= 4 is 40.7 Å². The first-order valence-electron chi connectivity index (χ1n) is 9.12. The molecule has 1 N–H and O–H groups in total. The highest BCUT2D eigenvalue weighted by Crippen LogP contribution is 2.19. The van der Waals surface area contributed by atoms with Gasteiger partial charge in [0, 0.05) is 37.4 Å². The molecule has 1 saturated heterocycles. The van der Waals surface area contributed by atoms with Crippen LogP contribution in [0, 0.1) is 0 Å². The first-order chi connectivity index (χ1) is 13.5. The monoisotopic (exact) mass is 420 g/mol. The van der Waals surface area contributed by atoms with Gasteiger partial charge < -0.3 is 10.2 Å². The number of nitrogens with one attached hydrogen (secondary N) is 1. The number of piperazine rings is 1. The Bertz CT molecular complexity index is 854. The molecule has 0 aliphatic carbocycles. The maximum absolute atomic E-state index is 12.6. The number of benzene rings is 1. The molecular weight excluding hydrogens is 399 g/mol. The summed E-state index contributed by atoms with van der Waals surface area (Å²) in [7, 11) is 0. The Labute approximate surface area is 174 Å². The molecule has 1 aliphatic heterocycles. The quantitative estimate of drug-likeness (QED) is 0.754. The minimum atomic E-state index is -0.336. The second-order valence-electron chi connectivity index (χ2n) is 6.69. The van der Waals surface area contributed by atoms with E-state index in [1.807, 2.05) is 30.0 Å². The molecule has 2 amide bonds. The predicted molar refractivity (Wildman–Crippen MR) is 111 cm³/mol. The van der Waals surface area contributed by atoms with Crippen LogP contribution in [0.1, 0.15) is 12.5 Å². The molecule has 1 aromatic heterocycles. The van der Waals surface area contributed by atoms with Crippen molar-refractivity contribution in [3.63, 3.8) is 0 Å². The molecule has 3 rings (SSSR count). The van der Waals surface area contributed by atoms with E-state index in [0.29, 0.717) is 36.9 Å². The van der Waals surface area contributed by atoms with Gasteiger partial charge in [-0.15, -0.1) is 0 Å². The Morgan fingerprint density at radius 1 is 1.11 bits per heavy atom. The number of carbonyl (C=O) groups is 2. The first-order valence-corrected chi connectivity index (χ1v) is 9.88. The zero-order valence-electron chi connectivity index (χ0n) is 15.6. The molecule has 2 aromatic rings. The van der Waals surface area contributed by atoms with Gasteiger partial charge in [-0.1, -0.05) is 41.4 Å². The van der Waals surface area contributed by atoms with E-state index in [0.717, 1.165) is 5.56 Å². The van der Waals surface area contributed by atoms with E-state index in [1.165, 1.54) is 0 Å². The number of aromatic nitrogens is 1. The second-order valence-corrected chi connectivity index (χ2v) is 7.46. The molecule has 1 atom stereocenters. The Hall–Kier alpha value is -2.15. The molecular formula is C20H22Cl2N4O2. The number of pyridine rings is 1. The second kappa shape index (κ2) is 9.37. The smallest absolute Gasteiger partial charge is 0.241 e. The lowest BCUT2D eigenvalue weighted by Gasteiger charge is -2.37. The van der Waals surface area contributed by atoms with E-state index in [-0.39, 0.29) is 29.4 Å². The number of hydrogen-bond donors (Lipinski definition) is 1. The Balaban J connectivity index is 1.51. The fourth-order valence-electron chi connectivity index (χ4n) is 3.16. The van der Waals surface area contributed by atoms with E-state index < -0.39 is 0 Å². The van der Waals surface area contributed by atoms with Gasteiger partial charge in [-0.05, 0) is 30.7 Å². The molecule has 1 aliphatic rings. The van der Waals surface area contributed by atoms with E-state index >= 15 is 0 Å². The van der Waals surface area contributed by atoms with Crippen LogP contribution in [0.25, 0.3) is 0 Å². The van der Waals surface area contributed by atoms with Gasteiger partial charge in [0.2, 0.25) is 11.8 Å². The van der Waals surface area contributed by atoms with E-state index in [4.69, 9.17) is 23.2 Å². The number of anilines is 1. The third-order valence-corrected chi connectivity index (χ3v) is 5.58. The summed E-state index contributed by atoms with van der Waals surface area (Å²) in [6, 6.07) is 10.5. The van der Waals surface area contributed by atoms with Gasteiger partial charge in [0.05, 0.1) is 18.2 Å². The highest BCUT2D eigenvalue weighted by molar-refractivity contribution is 6.32. The van der Waals surface area contributed by atoms with Crippen LogP contribution >= 0.6 is 23.2 Å². The normalized spacial score (nSPS) is 15.9. The van der Waals surface area contributed by atoms with Crippen molar-refractivity contribution in [1.29, 1.82) is 0 Å². The minimum absolute atomic E-state index is 0.0481. The summed E-state index contributed by atoms with van der Waals surface area (Å²) in [6.07, 6.45) is 1.86. The van der Waals surface area contributed by atoms with Crippen molar-refractivity contribution in [1.82, 2.24) is 14.8 Å². The molecule has 148 valence electrons. The molecule has 0 saturated carbocycles. The van der Waals surface area contributed by atoms with Gasteiger partial charge in [0.15, 0.2) is 5.15 Å². The molecule has 6 nitrogen and oxygen atoms in total. The zero-order valence-corrected chi connectivity index (χ0v) is 17.1. The number of rotatable bonds is 5. The lowest BCUT2D eigenvalue weighted by atomic mass is 10.1. The highest BCUT2D eigenvalue weighted by Gasteiger charge is 2.28. The van der Waals surface area contributed by atoms with Gasteiger partial charge in [0.25, 0.3) is 0 Å². The van der Waals surface area contributed by atoms with E-state index in [1.54, 1.807) is 24.4 Å². The molecule has 2 heterocycles. The van der Waals surface area contributed by atoms with Crippen molar-refractivity contribution < 1.29 is 9.59 Å². The minimum Gasteiger partial charge on any atom is -0.340 e. The van der Waals surface area contributed by atoms with Crippen molar-refractivity contribution in [2.75, 3.05) is 31.5 Å². The fraction of sp³-hybridized carbons (Fsp3) is 0.350. The number of hydrogen-bond acceptors (Lipinski definition) is 4. The maximum atomic E-state index is 12.6. The third-order valence-electron chi connectivity index (χ3n) is 4.91. The lowest BCUT2D eigenvalue weighted by Crippen LogP contribution is -2.54. The largest absolute Gasteiger partial charge is 0.340 e. The first kappa shape index (κ1) is 20.6. The van der Waals surface area contributed by atoms with E-state index in [2.05, 4.69) is 15.2 Å². The molecule has 8 heteroatoms. The fourth-order valence-corrected chi connectivity index (χ4v) is 3.53. The molecule has 28 heavy (non-hydrogen) atoms. The maximum Gasteiger partial charge on any atom is 0.241 e. The molecule has 0 bridgehead atoms. The average Bonchev–Trinajstić information content (AvgIpc) is 2.71. The number of carbonyl (C=O) groups excluding carboxylic acids is 2. The number of halogens is 2. The lowest BCUT2D eigenvalue weighted by molar-refractivity contribution is -0.133. The van der Waals surface area contributed by atoms with Crippen molar-refractivity contribution in [2.45, 2.75) is 19.4 Å². The molecule has 1 aromatic carbocycles. The predicted octanol–water partition coefficient (Wildman–Crippen LogP) is 3.10. The van der Waals surface area contributed by atoms with Crippen molar-refractivity contribution in [3.05, 3.63) is 58.3 Å². The van der Waals surface area contributed by atoms with Gasteiger partial charge in [-0.2, -0.15) is 0 Å². The number of amides is 2. The van der Waals surface area contributed by atoms with E-state index in [9.17, 15) is 9.59 Å². The Morgan fingerprint density at radius 2 is 1.82 bits per heavy atom. The van der Waals surface area contributed by atoms with Crippen LogP contribution in [0.15, 0.2) is 42.6 Å². The van der Waals surface area contributed by atoms with Gasteiger partial charge in [0.1, 0.15) is 0 Å². The number of nitrogens with zero attached hydrogens (tertiary/aromatic N) is 3. The van der Waals surface area contributed by atoms with Crippen LogP contribution in [-0.2, 0) is 16.0 Å². The van der Waals surface area contributed by atoms with Crippen LogP contribution in [0.3, 0.4) is 0 Å². The standard InChI is InChI=1S/C20H22Cl2N4O2/c1-14(20(28)24-17-7-4-8-23-19(17)22)25-9-11-26(12-10-25)18(27)13-15-5-2-3-6-16(15)21/h2-8,14H,9-13H2,1H3,(H,24,28). The molecule has 0 spiro atoms. The summed E-state index contributed by atoms with van der Waals surface area (Å²) in [5.41, 5.74) is 1.33. The summed E-state index contributed by atoms with van der Waals surface area (Å²) < 4.78 is 0. The topological polar surface area (TPSA) is 65.5 Å². The van der Waals surface area contributed by atoms with Crippen LogP contribution < -0.4 is 5.32 Å². The van der Waals surface area contributed by atoms with Crippen LogP contribution in [-0.4, -0.2) is 58.8 Å². The highest BCUT2D eigenvalue weighted by atomic mass is 35.5. The summed E-state index contributed by atoms with van der Waals surface area (Å²) in [5, 5.41) is 3.68. The molecule has 1 fully saturated rings. The molecule has 0 radical (unpaired) electrons. The van der Waals surface area contributed by atoms with Crippen molar-refractivity contribution in [2.24, 2.45) is 0 Å². The van der Waals surface area contributed by atoms with Gasteiger partial charge in [-0.3, -0.25) is 14.5 Å². The Morgan fingerprint density at radius 3 is 2.50 bits per heavy atom. The molecule has 1 unspecified atom stereocenters.